The first-order chi connectivity index (χ1) is 9.28. The molecule has 0 radical (unpaired) electrons. The fraction of sp³-hybridized carbons (Fsp3) is 0.684. The molecule has 0 heterocycles. The van der Waals surface area contributed by atoms with Crippen molar-refractivity contribution in [3.8, 4) is 0 Å². The molecule has 21 heavy (non-hydrogen) atoms. The summed E-state index contributed by atoms with van der Waals surface area (Å²) in [4.78, 5) is 1.28. The maximum atomic E-state index is 5.44. The summed E-state index contributed by atoms with van der Waals surface area (Å²) >= 11 is 1.50. The summed E-state index contributed by atoms with van der Waals surface area (Å²) in [5, 5.41) is 0. The molecule has 120 valence electrons. The Bertz CT molecular complexity index is 461. The van der Waals surface area contributed by atoms with E-state index < -0.39 is 0 Å². The molecule has 0 saturated carbocycles. The Morgan fingerprint density at radius 2 is 1.10 bits per heavy atom. The second-order valence-electron chi connectivity index (χ2n) is 8.90. The smallest absolute Gasteiger partial charge is 0.0508 e. The minimum atomic E-state index is 0.0993. The topological polar surface area (TPSA) is 9.23 Å². The third-order valence-electron chi connectivity index (χ3n) is 3.74. The number of hydrogen-bond donors (Lipinski definition) is 0. The highest BCUT2D eigenvalue weighted by molar-refractivity contribution is 7.94. The monoisotopic (exact) mass is 308 g/mol. The highest BCUT2D eigenvalue weighted by Gasteiger charge is 2.29. The van der Waals surface area contributed by atoms with Crippen LogP contribution in [-0.2, 0) is 20.4 Å². The summed E-state index contributed by atoms with van der Waals surface area (Å²) in [6, 6.07) is 4.74. The summed E-state index contributed by atoms with van der Waals surface area (Å²) in [6.45, 7) is 20.5. The molecule has 0 aliphatic rings. The first-order valence-electron chi connectivity index (χ1n) is 7.68. The van der Waals surface area contributed by atoms with Gasteiger partial charge in [0.25, 0.3) is 0 Å². The molecule has 1 rings (SSSR count). The van der Waals surface area contributed by atoms with Crippen LogP contribution in [0.2, 0.25) is 0 Å². The summed E-state index contributed by atoms with van der Waals surface area (Å²) < 4.78 is 5.44. The molecular formula is C19H32OS. The molecule has 0 bridgehead atoms. The SMILES string of the molecule is COSc1c(C(C)(C)C)cc(C(C)(C)C)cc1C(C)(C)C. The molecule has 2 heteroatoms. The van der Waals surface area contributed by atoms with Crippen LogP contribution in [0.3, 0.4) is 0 Å². The molecule has 1 nitrogen and oxygen atoms in total. The van der Waals surface area contributed by atoms with Crippen molar-refractivity contribution in [3.63, 3.8) is 0 Å². The van der Waals surface area contributed by atoms with E-state index in [0.29, 0.717) is 0 Å². The third-order valence-corrected chi connectivity index (χ3v) is 4.51. The lowest BCUT2D eigenvalue weighted by Gasteiger charge is -2.32. The number of hydrogen-bond acceptors (Lipinski definition) is 2. The average Bonchev–Trinajstić information content (AvgIpc) is 2.24. The van der Waals surface area contributed by atoms with Gasteiger partial charge >= 0.3 is 0 Å². The largest absolute Gasteiger partial charge is 0.314 e. The van der Waals surface area contributed by atoms with Gasteiger partial charge in [0.2, 0.25) is 0 Å². The third kappa shape index (κ3) is 4.50. The molecule has 0 spiro atoms. The Labute approximate surface area is 136 Å². The van der Waals surface area contributed by atoms with Gasteiger partial charge in [-0.05, 0) is 32.9 Å². The van der Waals surface area contributed by atoms with Crippen LogP contribution >= 0.6 is 12.0 Å². The molecule has 0 saturated heterocycles. The van der Waals surface area contributed by atoms with E-state index >= 15 is 0 Å². The standard InChI is InChI=1S/C19H32OS/c1-17(2,3)13-11-14(18(4,5)6)16(21-20-10)15(12-13)19(7,8)9/h11-12H,1-10H3. The van der Waals surface area contributed by atoms with Crippen LogP contribution in [0.5, 0.6) is 0 Å². The molecule has 0 aliphatic heterocycles. The van der Waals surface area contributed by atoms with E-state index in [1.807, 2.05) is 0 Å². The summed E-state index contributed by atoms with van der Waals surface area (Å²) in [5.41, 5.74) is 4.51. The van der Waals surface area contributed by atoms with Crippen molar-refractivity contribution in [1.82, 2.24) is 0 Å². The Morgan fingerprint density at radius 1 is 0.714 bits per heavy atom. The van der Waals surface area contributed by atoms with Crippen LogP contribution in [0.1, 0.15) is 79.0 Å². The Kier molecular flexibility index (Phi) is 5.28. The van der Waals surface area contributed by atoms with Crippen LogP contribution in [-0.4, -0.2) is 7.11 Å². The highest BCUT2D eigenvalue weighted by atomic mass is 32.2. The maximum Gasteiger partial charge on any atom is 0.0508 e. The lowest BCUT2D eigenvalue weighted by Crippen LogP contribution is -2.22. The summed E-state index contributed by atoms with van der Waals surface area (Å²) in [5.74, 6) is 0. The van der Waals surface area contributed by atoms with Crippen molar-refractivity contribution in [2.45, 2.75) is 83.5 Å². The molecule has 0 atom stereocenters. The van der Waals surface area contributed by atoms with Gasteiger partial charge < -0.3 is 4.18 Å². The Balaban J connectivity index is 3.75. The van der Waals surface area contributed by atoms with Crippen molar-refractivity contribution < 1.29 is 4.18 Å². The fourth-order valence-electron chi connectivity index (χ4n) is 2.35. The molecule has 0 aliphatic carbocycles. The van der Waals surface area contributed by atoms with Gasteiger partial charge in [-0.1, -0.05) is 74.4 Å². The first kappa shape index (κ1) is 18.6. The van der Waals surface area contributed by atoms with Crippen molar-refractivity contribution in [3.05, 3.63) is 28.8 Å². The van der Waals surface area contributed by atoms with Crippen LogP contribution < -0.4 is 0 Å². The van der Waals surface area contributed by atoms with E-state index in [1.165, 1.54) is 33.6 Å². The summed E-state index contributed by atoms with van der Waals surface area (Å²) in [6.07, 6.45) is 0. The van der Waals surface area contributed by atoms with E-state index in [9.17, 15) is 0 Å². The molecule has 1 aromatic rings. The zero-order valence-corrected chi connectivity index (χ0v) is 16.3. The second kappa shape index (κ2) is 5.96. The van der Waals surface area contributed by atoms with Gasteiger partial charge in [-0.2, -0.15) is 0 Å². The van der Waals surface area contributed by atoms with Crippen LogP contribution in [0.25, 0.3) is 0 Å². The second-order valence-corrected chi connectivity index (χ2v) is 9.81. The van der Waals surface area contributed by atoms with Crippen LogP contribution in [0.15, 0.2) is 17.0 Å². The highest BCUT2D eigenvalue weighted by Crippen LogP contribution is 2.42. The zero-order chi connectivity index (χ0) is 16.6. The van der Waals surface area contributed by atoms with Crippen molar-refractivity contribution in [2.75, 3.05) is 7.11 Å². The van der Waals surface area contributed by atoms with Crippen molar-refractivity contribution in [2.24, 2.45) is 0 Å². The predicted octanol–water partition coefficient (Wildman–Crippen LogP) is 6.23. The number of rotatable bonds is 2. The molecule has 0 fully saturated rings. The normalized spacial score (nSPS) is 13.6. The van der Waals surface area contributed by atoms with E-state index in [-0.39, 0.29) is 16.2 Å². The lowest BCUT2D eigenvalue weighted by molar-refractivity contribution is 0.480. The Hall–Kier alpha value is -0.470. The van der Waals surface area contributed by atoms with Gasteiger partial charge in [0.15, 0.2) is 0 Å². The van der Waals surface area contributed by atoms with Gasteiger partial charge in [-0.15, -0.1) is 0 Å². The zero-order valence-electron chi connectivity index (χ0n) is 15.5. The average molecular weight is 309 g/mol. The summed E-state index contributed by atoms with van der Waals surface area (Å²) in [7, 11) is 1.75. The van der Waals surface area contributed by atoms with E-state index in [0.717, 1.165) is 0 Å². The fourth-order valence-corrected chi connectivity index (χ4v) is 3.43. The minimum Gasteiger partial charge on any atom is -0.314 e. The molecule has 0 amide bonds. The van der Waals surface area contributed by atoms with Crippen LogP contribution in [0, 0.1) is 0 Å². The van der Waals surface area contributed by atoms with E-state index in [2.05, 4.69) is 74.4 Å². The Morgan fingerprint density at radius 3 is 1.33 bits per heavy atom. The molecule has 0 N–H and O–H groups in total. The van der Waals surface area contributed by atoms with E-state index in [4.69, 9.17) is 4.18 Å². The predicted molar refractivity (Wildman–Crippen MR) is 95.4 cm³/mol. The van der Waals surface area contributed by atoms with Gasteiger partial charge in [-0.3, -0.25) is 0 Å². The van der Waals surface area contributed by atoms with Gasteiger partial charge in [0.1, 0.15) is 0 Å². The lowest BCUT2D eigenvalue weighted by atomic mass is 9.75. The molecule has 0 unspecified atom stereocenters. The first-order valence-corrected chi connectivity index (χ1v) is 8.43. The van der Waals surface area contributed by atoms with Gasteiger partial charge in [0, 0.05) is 16.9 Å². The van der Waals surface area contributed by atoms with Crippen LogP contribution in [0.4, 0.5) is 0 Å². The maximum absolute atomic E-state index is 5.44. The minimum absolute atomic E-state index is 0.0993. The quantitative estimate of drug-likeness (QED) is 0.599. The van der Waals surface area contributed by atoms with Crippen molar-refractivity contribution in [1.29, 1.82) is 0 Å². The number of benzene rings is 1. The molecule has 0 aromatic heterocycles. The van der Waals surface area contributed by atoms with E-state index in [1.54, 1.807) is 7.11 Å². The van der Waals surface area contributed by atoms with Gasteiger partial charge in [0.05, 0.1) is 7.11 Å². The van der Waals surface area contributed by atoms with Crippen molar-refractivity contribution >= 4 is 12.0 Å². The molecular weight excluding hydrogens is 276 g/mol. The van der Waals surface area contributed by atoms with Gasteiger partial charge in [-0.25, -0.2) is 0 Å². The molecule has 1 aromatic carbocycles.